The first kappa shape index (κ1) is 19.4. The minimum Gasteiger partial charge on any atom is -0.491 e. The molecule has 5 nitrogen and oxygen atoms in total. The van der Waals surface area contributed by atoms with Gasteiger partial charge in [-0.15, -0.1) is 0 Å². The molecule has 2 rings (SSSR count). The van der Waals surface area contributed by atoms with Gasteiger partial charge in [-0.3, -0.25) is 0 Å². The highest BCUT2D eigenvalue weighted by Crippen LogP contribution is 2.16. The summed E-state index contributed by atoms with van der Waals surface area (Å²) in [5, 5.41) is 0. The molecule has 0 aliphatic heterocycles. The zero-order valence-corrected chi connectivity index (χ0v) is 15.7. The van der Waals surface area contributed by atoms with Crippen molar-refractivity contribution in [2.75, 3.05) is 13.2 Å². The van der Waals surface area contributed by atoms with E-state index < -0.39 is 10.0 Å². The molecular formula is C19H25NO4S. The Morgan fingerprint density at radius 2 is 1.64 bits per heavy atom. The van der Waals surface area contributed by atoms with Crippen molar-refractivity contribution in [3.63, 3.8) is 0 Å². The van der Waals surface area contributed by atoms with Gasteiger partial charge in [-0.05, 0) is 50.6 Å². The Kier molecular flexibility index (Phi) is 6.99. The summed E-state index contributed by atoms with van der Waals surface area (Å²) >= 11 is 0. The molecule has 0 radical (unpaired) electrons. The molecule has 0 aliphatic rings. The first-order valence-electron chi connectivity index (χ1n) is 8.26. The van der Waals surface area contributed by atoms with E-state index in [1.165, 1.54) is 17.7 Å². The first-order valence-corrected chi connectivity index (χ1v) is 9.75. The maximum Gasteiger partial charge on any atom is 0.240 e. The average molecular weight is 363 g/mol. The molecule has 136 valence electrons. The fraction of sp³-hybridized carbons (Fsp3) is 0.368. The van der Waals surface area contributed by atoms with Crippen molar-refractivity contribution in [2.45, 2.75) is 38.4 Å². The molecular weight excluding hydrogens is 338 g/mol. The van der Waals surface area contributed by atoms with Crippen LogP contribution in [0, 0.1) is 6.92 Å². The molecule has 0 heterocycles. The van der Waals surface area contributed by atoms with E-state index in [0.29, 0.717) is 19.0 Å². The van der Waals surface area contributed by atoms with Crippen molar-refractivity contribution in [1.29, 1.82) is 0 Å². The van der Waals surface area contributed by atoms with Crippen molar-refractivity contribution in [3.05, 3.63) is 59.7 Å². The van der Waals surface area contributed by atoms with Crippen LogP contribution in [0.5, 0.6) is 5.75 Å². The zero-order chi connectivity index (χ0) is 18.3. The maximum absolute atomic E-state index is 12.2. The van der Waals surface area contributed by atoms with Gasteiger partial charge in [0, 0.05) is 6.54 Å². The highest BCUT2D eigenvalue weighted by atomic mass is 32.2. The monoisotopic (exact) mass is 363 g/mol. The van der Waals surface area contributed by atoms with E-state index in [0.717, 1.165) is 5.56 Å². The number of hydrogen-bond acceptors (Lipinski definition) is 4. The number of rotatable bonds is 9. The molecule has 0 saturated heterocycles. The topological polar surface area (TPSA) is 64.6 Å². The van der Waals surface area contributed by atoms with E-state index in [9.17, 15) is 8.42 Å². The molecule has 2 aromatic rings. The van der Waals surface area contributed by atoms with E-state index in [1.54, 1.807) is 12.1 Å². The number of nitrogens with one attached hydrogen (secondary N) is 1. The summed E-state index contributed by atoms with van der Waals surface area (Å²) in [6, 6.07) is 14.4. The van der Waals surface area contributed by atoms with E-state index in [-0.39, 0.29) is 17.5 Å². The highest BCUT2D eigenvalue weighted by molar-refractivity contribution is 7.89. The summed E-state index contributed by atoms with van der Waals surface area (Å²) < 4.78 is 38.0. The van der Waals surface area contributed by atoms with Crippen molar-refractivity contribution >= 4 is 10.0 Å². The van der Waals surface area contributed by atoms with Gasteiger partial charge in [0.25, 0.3) is 0 Å². The summed E-state index contributed by atoms with van der Waals surface area (Å²) in [7, 11) is -3.54. The molecule has 1 N–H and O–H groups in total. The standard InChI is InChI=1S/C19H25NO4S/c1-15(2)24-18-8-10-19(11-9-18)25(21,22)20-12-13-23-14-17-6-4-16(3)5-7-17/h4-11,15,20H,12-14H2,1-3H3. The van der Waals surface area contributed by atoms with Gasteiger partial charge >= 0.3 is 0 Å². The molecule has 6 heteroatoms. The number of hydrogen-bond donors (Lipinski definition) is 1. The number of ether oxygens (including phenoxy) is 2. The Labute approximate surface area is 150 Å². The van der Waals surface area contributed by atoms with Crippen molar-refractivity contribution < 1.29 is 17.9 Å². The van der Waals surface area contributed by atoms with Gasteiger partial charge in [0.15, 0.2) is 0 Å². The van der Waals surface area contributed by atoms with Crippen LogP contribution in [-0.2, 0) is 21.4 Å². The maximum atomic E-state index is 12.2. The van der Waals surface area contributed by atoms with Gasteiger partial charge in [-0.2, -0.15) is 0 Å². The van der Waals surface area contributed by atoms with Crippen LogP contribution < -0.4 is 9.46 Å². The van der Waals surface area contributed by atoms with E-state index in [4.69, 9.17) is 9.47 Å². The van der Waals surface area contributed by atoms with E-state index >= 15 is 0 Å². The summed E-state index contributed by atoms with van der Waals surface area (Å²) in [5.74, 6) is 0.649. The molecule has 0 fully saturated rings. The predicted molar refractivity (Wildman–Crippen MR) is 98.2 cm³/mol. The second kappa shape index (κ2) is 8.99. The van der Waals surface area contributed by atoms with Crippen molar-refractivity contribution in [1.82, 2.24) is 4.72 Å². The van der Waals surface area contributed by atoms with Crippen molar-refractivity contribution in [2.24, 2.45) is 0 Å². The number of aryl methyl sites for hydroxylation is 1. The Hall–Kier alpha value is -1.89. The fourth-order valence-electron chi connectivity index (χ4n) is 2.18. The van der Waals surface area contributed by atoms with Crippen LogP contribution in [-0.4, -0.2) is 27.7 Å². The van der Waals surface area contributed by atoms with Gasteiger partial charge < -0.3 is 9.47 Å². The molecule has 0 bridgehead atoms. The van der Waals surface area contributed by atoms with E-state index in [2.05, 4.69) is 4.72 Å². The summed E-state index contributed by atoms with van der Waals surface area (Å²) in [6.07, 6.45) is 0.0475. The van der Waals surface area contributed by atoms with E-state index in [1.807, 2.05) is 45.0 Å². The van der Waals surface area contributed by atoms with Gasteiger partial charge in [0.05, 0.1) is 24.2 Å². The molecule has 0 aromatic heterocycles. The normalized spacial score (nSPS) is 11.7. The third-order valence-electron chi connectivity index (χ3n) is 3.43. The predicted octanol–water partition coefficient (Wildman–Crippen LogP) is 3.28. The summed E-state index contributed by atoms with van der Waals surface area (Å²) in [6.45, 7) is 6.86. The van der Waals surface area contributed by atoms with Crippen LogP contribution in [0.15, 0.2) is 53.4 Å². The quantitative estimate of drug-likeness (QED) is 0.695. The van der Waals surface area contributed by atoms with Crippen LogP contribution in [0.2, 0.25) is 0 Å². The largest absolute Gasteiger partial charge is 0.491 e. The number of benzene rings is 2. The minimum absolute atomic E-state index is 0.0475. The smallest absolute Gasteiger partial charge is 0.240 e. The highest BCUT2D eigenvalue weighted by Gasteiger charge is 2.13. The number of sulfonamides is 1. The molecule has 0 unspecified atom stereocenters. The summed E-state index contributed by atoms with van der Waals surface area (Å²) in [5.41, 5.74) is 2.26. The molecule has 0 amide bonds. The third-order valence-corrected chi connectivity index (χ3v) is 4.91. The lowest BCUT2D eigenvalue weighted by Gasteiger charge is -2.11. The average Bonchev–Trinajstić information content (AvgIpc) is 2.56. The van der Waals surface area contributed by atoms with Gasteiger partial charge in [0.1, 0.15) is 5.75 Å². The van der Waals surface area contributed by atoms with Crippen LogP contribution in [0.3, 0.4) is 0 Å². The van der Waals surface area contributed by atoms with Crippen LogP contribution >= 0.6 is 0 Å². The van der Waals surface area contributed by atoms with Gasteiger partial charge in [-0.25, -0.2) is 13.1 Å². The first-order chi connectivity index (χ1) is 11.9. The molecule has 0 atom stereocenters. The lowest BCUT2D eigenvalue weighted by atomic mass is 10.2. The van der Waals surface area contributed by atoms with Gasteiger partial charge in [0.2, 0.25) is 10.0 Å². The van der Waals surface area contributed by atoms with Gasteiger partial charge in [-0.1, -0.05) is 29.8 Å². The fourth-order valence-corrected chi connectivity index (χ4v) is 3.19. The SMILES string of the molecule is Cc1ccc(COCCNS(=O)(=O)c2ccc(OC(C)C)cc2)cc1. The second-order valence-corrected chi connectivity index (χ2v) is 7.84. The Morgan fingerprint density at radius 1 is 1.00 bits per heavy atom. The molecule has 0 aliphatic carbocycles. The van der Waals surface area contributed by atoms with Crippen LogP contribution in [0.4, 0.5) is 0 Å². The lowest BCUT2D eigenvalue weighted by Crippen LogP contribution is -2.27. The third kappa shape index (κ3) is 6.49. The zero-order valence-electron chi connectivity index (χ0n) is 14.9. The Morgan fingerprint density at radius 3 is 2.24 bits per heavy atom. The molecule has 0 saturated carbocycles. The molecule has 0 spiro atoms. The molecule has 2 aromatic carbocycles. The lowest BCUT2D eigenvalue weighted by molar-refractivity contribution is 0.126. The second-order valence-electron chi connectivity index (χ2n) is 6.07. The Balaban J connectivity index is 1.78. The van der Waals surface area contributed by atoms with Crippen LogP contribution in [0.25, 0.3) is 0 Å². The molecule has 25 heavy (non-hydrogen) atoms. The minimum atomic E-state index is -3.54. The van der Waals surface area contributed by atoms with Crippen molar-refractivity contribution in [3.8, 4) is 5.75 Å². The Bertz CT molecular complexity index is 753. The summed E-state index contributed by atoms with van der Waals surface area (Å²) in [4.78, 5) is 0.210. The van der Waals surface area contributed by atoms with Crippen LogP contribution in [0.1, 0.15) is 25.0 Å².